The van der Waals surface area contributed by atoms with Crippen LogP contribution in [0, 0.1) is 12.3 Å². The molecular weight excluding hydrogens is 500 g/mol. The number of anilines is 1. The average molecular weight is 539 g/mol. The van der Waals surface area contributed by atoms with Gasteiger partial charge in [0.15, 0.2) is 0 Å². The lowest BCUT2D eigenvalue weighted by Gasteiger charge is -2.39. The van der Waals surface area contributed by atoms with Crippen molar-refractivity contribution in [3.05, 3.63) is 99.8 Å². The molecule has 1 fully saturated rings. The van der Waals surface area contributed by atoms with Crippen LogP contribution in [0.5, 0.6) is 0 Å². The predicted molar refractivity (Wildman–Crippen MR) is 165 cm³/mol. The van der Waals surface area contributed by atoms with E-state index in [0.29, 0.717) is 5.41 Å². The van der Waals surface area contributed by atoms with E-state index >= 15 is 0 Å². The highest BCUT2D eigenvalue weighted by atomic mass is 35.5. The zero-order chi connectivity index (χ0) is 27.0. The monoisotopic (exact) mass is 538 g/mol. The van der Waals surface area contributed by atoms with Crippen LogP contribution in [0.15, 0.2) is 72.6 Å². The number of nitrogens with zero attached hydrogens (tertiary/aromatic N) is 3. The second-order valence-electron chi connectivity index (χ2n) is 12.2. The maximum Gasteiger partial charge on any atom is 0.137 e. The van der Waals surface area contributed by atoms with Crippen molar-refractivity contribution in [2.45, 2.75) is 46.5 Å². The molecule has 4 nitrogen and oxygen atoms in total. The van der Waals surface area contributed by atoms with Gasteiger partial charge in [0.2, 0.25) is 0 Å². The third kappa shape index (κ3) is 5.92. The first-order valence-corrected chi connectivity index (χ1v) is 14.7. The van der Waals surface area contributed by atoms with Crippen molar-refractivity contribution in [3.8, 4) is 0 Å². The molecule has 5 heteroatoms. The van der Waals surface area contributed by atoms with E-state index in [4.69, 9.17) is 11.6 Å². The van der Waals surface area contributed by atoms with Gasteiger partial charge >= 0.3 is 0 Å². The van der Waals surface area contributed by atoms with Gasteiger partial charge in [-0.2, -0.15) is 0 Å². The summed E-state index contributed by atoms with van der Waals surface area (Å²) in [5.41, 5.74) is 11.1. The van der Waals surface area contributed by atoms with Crippen LogP contribution in [0.2, 0.25) is 5.02 Å². The number of halogens is 1. The Morgan fingerprint density at radius 1 is 0.974 bits per heavy atom. The van der Waals surface area contributed by atoms with E-state index in [1.54, 1.807) is 11.1 Å². The zero-order valence-corrected chi connectivity index (χ0v) is 24.2. The van der Waals surface area contributed by atoms with Crippen molar-refractivity contribution in [2.75, 3.05) is 37.6 Å². The lowest BCUT2D eigenvalue weighted by atomic mass is 9.72. The van der Waals surface area contributed by atoms with Gasteiger partial charge in [0.25, 0.3) is 0 Å². The maximum atomic E-state index is 6.21. The second-order valence-corrected chi connectivity index (χ2v) is 12.7. The van der Waals surface area contributed by atoms with Crippen LogP contribution >= 0.6 is 11.6 Å². The minimum Gasteiger partial charge on any atom is -0.369 e. The zero-order valence-electron chi connectivity index (χ0n) is 23.4. The van der Waals surface area contributed by atoms with Crippen LogP contribution in [0.25, 0.3) is 16.6 Å². The quantitative estimate of drug-likeness (QED) is 0.271. The summed E-state index contributed by atoms with van der Waals surface area (Å²) in [7, 11) is 0. The highest BCUT2D eigenvalue weighted by Crippen LogP contribution is 2.43. The average Bonchev–Trinajstić information content (AvgIpc) is 3.40. The van der Waals surface area contributed by atoms with Crippen LogP contribution in [0.1, 0.15) is 55.4 Å². The number of aromatic amines is 1. The number of rotatable bonds is 6. The molecule has 0 bridgehead atoms. The van der Waals surface area contributed by atoms with Crippen molar-refractivity contribution in [1.82, 2.24) is 14.9 Å². The summed E-state index contributed by atoms with van der Waals surface area (Å²) < 4.78 is 0. The number of nitrogens with one attached hydrogen (secondary N) is 1. The molecule has 0 unspecified atom stereocenters. The largest absolute Gasteiger partial charge is 0.369 e. The Kier molecular flexibility index (Phi) is 7.26. The number of hydrogen-bond donors (Lipinski definition) is 1. The van der Waals surface area contributed by atoms with E-state index in [1.165, 1.54) is 46.2 Å². The molecule has 1 aliphatic heterocycles. The third-order valence-corrected chi connectivity index (χ3v) is 8.97. The number of benzene rings is 2. The molecule has 0 spiro atoms. The first-order valence-electron chi connectivity index (χ1n) is 14.3. The summed E-state index contributed by atoms with van der Waals surface area (Å²) in [6.07, 6.45) is 8.46. The fourth-order valence-corrected chi connectivity index (χ4v) is 6.37. The van der Waals surface area contributed by atoms with Crippen molar-refractivity contribution >= 4 is 33.9 Å². The van der Waals surface area contributed by atoms with Gasteiger partial charge in [-0.25, -0.2) is 4.98 Å². The highest BCUT2D eigenvalue weighted by molar-refractivity contribution is 6.30. The first kappa shape index (κ1) is 26.2. The minimum atomic E-state index is 0.351. The Balaban J connectivity index is 1.13. The SMILES string of the molecule is Cc1ccc(N2CCN(CC3=C(c4ccc(Cl)cc4)CC(C)(C)CC3)CC2)cc1Cc1cnc2[nH]ccc2c1. The normalized spacial score (nSPS) is 18.2. The molecule has 39 heavy (non-hydrogen) atoms. The van der Waals surface area contributed by atoms with E-state index < -0.39 is 0 Å². The van der Waals surface area contributed by atoms with Gasteiger partial charge in [-0.05, 0) is 102 Å². The number of fused-ring (bicyclic) bond motifs is 1. The van der Waals surface area contributed by atoms with Crippen LogP contribution in [0.4, 0.5) is 5.69 Å². The minimum absolute atomic E-state index is 0.351. The van der Waals surface area contributed by atoms with Crippen LogP contribution in [-0.4, -0.2) is 47.6 Å². The van der Waals surface area contributed by atoms with Gasteiger partial charge in [-0.1, -0.05) is 49.2 Å². The molecule has 6 rings (SSSR count). The summed E-state index contributed by atoms with van der Waals surface area (Å²) in [5, 5.41) is 1.98. The summed E-state index contributed by atoms with van der Waals surface area (Å²) in [6, 6.07) is 19.8. The lowest BCUT2D eigenvalue weighted by Crippen LogP contribution is -2.47. The van der Waals surface area contributed by atoms with Crippen LogP contribution in [0.3, 0.4) is 0 Å². The smallest absolute Gasteiger partial charge is 0.137 e. The summed E-state index contributed by atoms with van der Waals surface area (Å²) >= 11 is 6.21. The van der Waals surface area contributed by atoms with E-state index in [0.717, 1.165) is 56.2 Å². The van der Waals surface area contributed by atoms with Crippen molar-refractivity contribution < 1.29 is 0 Å². The Labute approximate surface area is 237 Å². The van der Waals surface area contributed by atoms with Gasteiger partial charge in [0, 0.05) is 61.2 Å². The molecule has 4 aromatic rings. The fourth-order valence-electron chi connectivity index (χ4n) is 6.24. The molecule has 1 aliphatic carbocycles. The Hall–Kier alpha value is -3.08. The van der Waals surface area contributed by atoms with Crippen molar-refractivity contribution in [1.29, 1.82) is 0 Å². The van der Waals surface area contributed by atoms with Gasteiger partial charge in [-0.3, -0.25) is 4.90 Å². The number of allylic oxidation sites excluding steroid dienone is 1. The van der Waals surface area contributed by atoms with Crippen molar-refractivity contribution in [2.24, 2.45) is 5.41 Å². The number of H-pyrrole nitrogens is 1. The second kappa shape index (κ2) is 10.8. The molecule has 3 heterocycles. The van der Waals surface area contributed by atoms with Crippen LogP contribution < -0.4 is 4.90 Å². The number of pyridine rings is 1. The molecule has 1 N–H and O–H groups in total. The molecular formula is C34H39ClN4. The van der Waals surface area contributed by atoms with E-state index in [-0.39, 0.29) is 0 Å². The van der Waals surface area contributed by atoms with Gasteiger partial charge in [-0.15, -0.1) is 0 Å². The summed E-state index contributed by atoms with van der Waals surface area (Å²) in [6.45, 7) is 12.4. The number of aromatic nitrogens is 2. The number of piperazine rings is 1. The standard InChI is InChI=1S/C34H39ClN4/c1-24-4-9-31(20-29(24)19-25-18-27-11-13-36-33(27)37-22-25)39-16-14-38(15-17-39)23-28-10-12-34(2,3)21-32(28)26-5-7-30(35)8-6-26/h4-9,11,13,18,20,22H,10,12,14-17,19,21,23H2,1-3H3,(H,36,37). The first-order chi connectivity index (χ1) is 18.8. The van der Waals surface area contributed by atoms with Crippen molar-refractivity contribution in [3.63, 3.8) is 0 Å². The molecule has 0 amide bonds. The van der Waals surface area contributed by atoms with Crippen LogP contribution in [-0.2, 0) is 6.42 Å². The molecule has 1 saturated heterocycles. The molecule has 202 valence electrons. The lowest BCUT2D eigenvalue weighted by molar-refractivity contribution is 0.264. The van der Waals surface area contributed by atoms with E-state index in [1.807, 2.05) is 24.5 Å². The predicted octanol–water partition coefficient (Wildman–Crippen LogP) is 7.90. The molecule has 0 atom stereocenters. The maximum absolute atomic E-state index is 6.21. The summed E-state index contributed by atoms with van der Waals surface area (Å²) in [5.74, 6) is 0. The third-order valence-electron chi connectivity index (χ3n) is 8.71. The van der Waals surface area contributed by atoms with Gasteiger partial charge in [0.05, 0.1) is 0 Å². The molecule has 0 radical (unpaired) electrons. The number of aryl methyl sites for hydroxylation is 1. The Bertz CT molecular complexity index is 1490. The van der Waals surface area contributed by atoms with Gasteiger partial charge in [0.1, 0.15) is 5.65 Å². The fraction of sp³-hybridized carbons (Fsp3) is 0.382. The number of hydrogen-bond acceptors (Lipinski definition) is 3. The Morgan fingerprint density at radius 2 is 1.77 bits per heavy atom. The molecule has 2 aromatic heterocycles. The van der Waals surface area contributed by atoms with E-state index in [9.17, 15) is 0 Å². The Morgan fingerprint density at radius 3 is 2.56 bits per heavy atom. The highest BCUT2D eigenvalue weighted by Gasteiger charge is 2.29. The van der Waals surface area contributed by atoms with Gasteiger partial charge < -0.3 is 9.88 Å². The molecule has 2 aromatic carbocycles. The van der Waals surface area contributed by atoms with E-state index in [2.05, 4.69) is 83.0 Å². The molecule has 2 aliphatic rings. The summed E-state index contributed by atoms with van der Waals surface area (Å²) in [4.78, 5) is 13.0. The molecule has 0 saturated carbocycles. The topological polar surface area (TPSA) is 35.2 Å².